The second-order valence-electron chi connectivity index (χ2n) is 6.67. The van der Waals surface area contributed by atoms with Crippen molar-refractivity contribution in [1.29, 1.82) is 0 Å². The summed E-state index contributed by atoms with van der Waals surface area (Å²) in [7, 11) is 0. The Hall–Kier alpha value is -2.02. The van der Waals surface area contributed by atoms with Crippen molar-refractivity contribution in [3.8, 4) is 5.82 Å². The van der Waals surface area contributed by atoms with E-state index in [2.05, 4.69) is 41.1 Å². The molecule has 0 bridgehead atoms. The van der Waals surface area contributed by atoms with Gasteiger partial charge in [0, 0.05) is 48.7 Å². The molecule has 7 heteroatoms. The van der Waals surface area contributed by atoms with Crippen LogP contribution in [0, 0.1) is 0 Å². The molecule has 3 heterocycles. The van der Waals surface area contributed by atoms with E-state index in [9.17, 15) is 0 Å². The SMILES string of the molecule is CCNC(=NCc1ccnc(-n2cccn2)c1)N1CCSC(C)(C)C1. The summed E-state index contributed by atoms with van der Waals surface area (Å²) in [4.78, 5) is 11.6. The van der Waals surface area contributed by atoms with Gasteiger partial charge in [-0.1, -0.05) is 0 Å². The Kier molecular flexibility index (Phi) is 5.63. The minimum absolute atomic E-state index is 0.262. The summed E-state index contributed by atoms with van der Waals surface area (Å²) in [5.41, 5.74) is 1.13. The Bertz CT molecular complexity index is 710. The zero-order chi connectivity index (χ0) is 17.7. The lowest BCUT2D eigenvalue weighted by molar-refractivity contribution is 0.376. The monoisotopic (exact) mass is 358 g/mol. The first kappa shape index (κ1) is 17.8. The van der Waals surface area contributed by atoms with Gasteiger partial charge in [-0.15, -0.1) is 0 Å². The molecule has 0 amide bonds. The molecule has 3 rings (SSSR count). The van der Waals surface area contributed by atoms with Gasteiger partial charge < -0.3 is 10.2 Å². The summed E-state index contributed by atoms with van der Waals surface area (Å²) in [5, 5.41) is 7.67. The van der Waals surface area contributed by atoms with Crippen molar-refractivity contribution in [3.05, 3.63) is 42.4 Å². The molecule has 134 valence electrons. The van der Waals surface area contributed by atoms with Gasteiger partial charge in [-0.3, -0.25) is 0 Å². The topological polar surface area (TPSA) is 58.3 Å². The highest BCUT2D eigenvalue weighted by Gasteiger charge is 2.28. The second kappa shape index (κ2) is 7.91. The first-order valence-corrected chi connectivity index (χ1v) is 9.68. The number of nitrogens with one attached hydrogen (secondary N) is 1. The molecule has 1 aliphatic heterocycles. The first-order chi connectivity index (χ1) is 12.1. The summed E-state index contributed by atoms with van der Waals surface area (Å²) in [6.45, 7) is 10.3. The molecule has 0 unspecified atom stereocenters. The van der Waals surface area contributed by atoms with Crippen molar-refractivity contribution in [2.24, 2.45) is 4.99 Å². The van der Waals surface area contributed by atoms with Crippen LogP contribution in [0.1, 0.15) is 26.3 Å². The lowest BCUT2D eigenvalue weighted by atomic mass is 10.2. The molecule has 6 nitrogen and oxygen atoms in total. The van der Waals surface area contributed by atoms with Crippen molar-refractivity contribution >= 4 is 17.7 Å². The fourth-order valence-electron chi connectivity index (χ4n) is 2.88. The van der Waals surface area contributed by atoms with E-state index in [1.165, 1.54) is 0 Å². The number of rotatable bonds is 4. The number of guanidine groups is 1. The van der Waals surface area contributed by atoms with Crippen molar-refractivity contribution in [2.75, 3.05) is 25.4 Å². The van der Waals surface area contributed by atoms with E-state index < -0.39 is 0 Å². The molecule has 0 spiro atoms. The highest BCUT2D eigenvalue weighted by molar-refractivity contribution is 8.00. The third kappa shape index (κ3) is 4.75. The lowest BCUT2D eigenvalue weighted by Crippen LogP contribution is -2.50. The zero-order valence-corrected chi connectivity index (χ0v) is 16.0. The summed E-state index contributed by atoms with van der Waals surface area (Å²) in [5.74, 6) is 2.95. The molecule has 1 aliphatic rings. The molecule has 0 atom stereocenters. The van der Waals surface area contributed by atoms with E-state index >= 15 is 0 Å². The minimum atomic E-state index is 0.262. The molecule has 0 aromatic carbocycles. The number of pyridine rings is 1. The summed E-state index contributed by atoms with van der Waals surface area (Å²) in [6, 6.07) is 5.94. The molecule has 1 saturated heterocycles. The standard InChI is InChI=1S/C18H26N6S/c1-4-19-17(23-10-11-25-18(2,3)14-23)21-13-15-6-8-20-16(12-15)24-9-5-7-22-24/h5-9,12H,4,10-11,13-14H2,1-3H3,(H,19,21). The van der Waals surface area contributed by atoms with Gasteiger partial charge in [0.15, 0.2) is 11.8 Å². The molecule has 0 aliphatic carbocycles. The van der Waals surface area contributed by atoms with Gasteiger partial charge in [0.05, 0.1) is 6.54 Å². The number of thioether (sulfide) groups is 1. The highest BCUT2D eigenvalue weighted by Crippen LogP contribution is 2.29. The number of hydrogen-bond donors (Lipinski definition) is 1. The molecule has 0 saturated carbocycles. The third-order valence-electron chi connectivity index (χ3n) is 4.02. The first-order valence-electron chi connectivity index (χ1n) is 8.69. The molecule has 2 aromatic rings. The summed E-state index contributed by atoms with van der Waals surface area (Å²) >= 11 is 2.03. The molecule has 1 N–H and O–H groups in total. The average molecular weight is 359 g/mol. The number of nitrogens with zero attached hydrogens (tertiary/aromatic N) is 5. The van der Waals surface area contributed by atoms with Crippen LogP contribution in [0.5, 0.6) is 0 Å². The Labute approximate surface area is 153 Å². The van der Waals surface area contributed by atoms with E-state index in [4.69, 9.17) is 4.99 Å². The van der Waals surface area contributed by atoms with Crippen LogP contribution in [0.25, 0.3) is 5.82 Å². The zero-order valence-electron chi connectivity index (χ0n) is 15.1. The molecule has 25 heavy (non-hydrogen) atoms. The second-order valence-corrected chi connectivity index (χ2v) is 8.47. The average Bonchev–Trinajstić information content (AvgIpc) is 3.12. The maximum absolute atomic E-state index is 4.86. The van der Waals surface area contributed by atoms with Crippen molar-refractivity contribution in [2.45, 2.75) is 32.1 Å². The normalized spacial score (nSPS) is 17.6. The number of hydrogen-bond acceptors (Lipinski definition) is 4. The molecule has 2 aromatic heterocycles. The van der Waals surface area contributed by atoms with Crippen LogP contribution in [-0.2, 0) is 6.54 Å². The highest BCUT2D eigenvalue weighted by atomic mass is 32.2. The van der Waals surface area contributed by atoms with Crippen molar-refractivity contribution in [3.63, 3.8) is 0 Å². The Morgan fingerprint density at radius 3 is 3.00 bits per heavy atom. The van der Waals surface area contributed by atoms with Gasteiger partial charge in [0.1, 0.15) is 0 Å². The fraction of sp³-hybridized carbons (Fsp3) is 0.500. The Morgan fingerprint density at radius 2 is 2.28 bits per heavy atom. The van der Waals surface area contributed by atoms with Crippen molar-refractivity contribution in [1.82, 2.24) is 25.0 Å². The maximum atomic E-state index is 4.86. The predicted molar refractivity (Wildman–Crippen MR) is 104 cm³/mol. The summed E-state index contributed by atoms with van der Waals surface area (Å²) in [6.07, 6.45) is 5.47. The number of aromatic nitrogens is 3. The van der Waals surface area contributed by atoms with Gasteiger partial charge in [0.2, 0.25) is 0 Å². The molecule has 1 fully saturated rings. The van der Waals surface area contributed by atoms with Gasteiger partial charge in [-0.05, 0) is 44.5 Å². The lowest BCUT2D eigenvalue weighted by Gasteiger charge is -2.39. The van der Waals surface area contributed by atoms with Crippen LogP contribution >= 0.6 is 11.8 Å². The van der Waals surface area contributed by atoms with Crippen LogP contribution in [0.4, 0.5) is 0 Å². The van der Waals surface area contributed by atoms with Gasteiger partial charge in [-0.2, -0.15) is 16.9 Å². The van der Waals surface area contributed by atoms with E-state index in [0.29, 0.717) is 6.54 Å². The van der Waals surface area contributed by atoms with Gasteiger partial charge >= 0.3 is 0 Å². The van der Waals surface area contributed by atoms with E-state index in [0.717, 1.165) is 42.7 Å². The van der Waals surface area contributed by atoms with Crippen LogP contribution in [0.2, 0.25) is 0 Å². The number of aliphatic imine (C=N–C) groups is 1. The van der Waals surface area contributed by atoms with Crippen LogP contribution in [0.15, 0.2) is 41.8 Å². The molecular weight excluding hydrogens is 332 g/mol. The molecule has 0 radical (unpaired) electrons. The largest absolute Gasteiger partial charge is 0.357 e. The van der Waals surface area contributed by atoms with Gasteiger partial charge in [0.25, 0.3) is 0 Å². The van der Waals surface area contributed by atoms with Crippen LogP contribution in [-0.4, -0.2) is 55.8 Å². The predicted octanol–water partition coefficient (Wildman–Crippen LogP) is 2.56. The maximum Gasteiger partial charge on any atom is 0.194 e. The third-order valence-corrected chi connectivity index (χ3v) is 5.32. The molecular formula is C18H26N6S. The minimum Gasteiger partial charge on any atom is -0.357 e. The van der Waals surface area contributed by atoms with Gasteiger partial charge in [-0.25, -0.2) is 14.7 Å². The quantitative estimate of drug-likeness (QED) is 0.672. The van der Waals surface area contributed by atoms with Crippen LogP contribution < -0.4 is 5.32 Å². The Morgan fingerprint density at radius 1 is 1.40 bits per heavy atom. The van der Waals surface area contributed by atoms with E-state index in [1.807, 2.05) is 42.4 Å². The van der Waals surface area contributed by atoms with Crippen LogP contribution in [0.3, 0.4) is 0 Å². The fourth-order valence-corrected chi connectivity index (χ4v) is 3.99. The Balaban J connectivity index is 1.74. The smallest absolute Gasteiger partial charge is 0.194 e. The van der Waals surface area contributed by atoms with E-state index in [1.54, 1.807) is 10.9 Å². The van der Waals surface area contributed by atoms with Crippen molar-refractivity contribution < 1.29 is 0 Å². The summed E-state index contributed by atoms with van der Waals surface area (Å²) < 4.78 is 2.03. The van der Waals surface area contributed by atoms with E-state index in [-0.39, 0.29) is 4.75 Å².